The van der Waals surface area contributed by atoms with Gasteiger partial charge in [0.05, 0.1) is 19.4 Å². The number of aromatic hydroxyl groups is 2. The number of carbonyl (C=O) groups is 6. The van der Waals surface area contributed by atoms with Gasteiger partial charge in [-0.3, -0.25) is 34.1 Å². The number of unbranched alkanes of at least 4 members (excludes halogenated alkanes) is 2. The second-order valence-electron chi connectivity index (χ2n) is 15.7. The Kier molecular flexibility index (Phi) is 13.6. The standard InChI is InChI=1S/C51H43N5O9S/c57-36-18-16-34(17-19-36)48-46(40-23-20-37(58)28-43(40)66-48)47(61)33-12-14-35(15-13-33)49(62)55-53-29-31-10-21-38(22-11-31)65-27-3-1-2-9-44(59)52-26-5-7-32-6-4-8-39-41(32)30-56(51(39)64)42-24-25-45(60)54-50(42)63/h4,6,8,10-23,28-29,42,57-58H,1-3,9,24-27,30H2,(H,52,59)(H,55,62)(H,54,60,63)/b53-29+. The summed E-state index contributed by atoms with van der Waals surface area (Å²) in [6.07, 6.45) is 4.54. The van der Waals surface area contributed by atoms with Gasteiger partial charge in [-0.1, -0.05) is 30.0 Å². The largest absolute Gasteiger partial charge is 0.508 e. The lowest BCUT2D eigenvalue weighted by Gasteiger charge is -2.29. The summed E-state index contributed by atoms with van der Waals surface area (Å²) in [5.41, 5.74) is 7.03. The van der Waals surface area contributed by atoms with Gasteiger partial charge < -0.3 is 25.2 Å². The Morgan fingerprint density at radius 3 is 2.41 bits per heavy atom. The third-order valence-corrected chi connectivity index (χ3v) is 12.4. The number of rotatable bonds is 15. The number of hydrogen-bond acceptors (Lipinski definition) is 11. The summed E-state index contributed by atoms with van der Waals surface area (Å²) < 4.78 is 6.60. The van der Waals surface area contributed by atoms with Gasteiger partial charge in [0.15, 0.2) is 5.78 Å². The first-order chi connectivity index (χ1) is 32.0. The lowest BCUT2D eigenvalue weighted by molar-refractivity contribution is -0.137. The maximum atomic E-state index is 13.9. The molecule has 1 atom stereocenters. The third kappa shape index (κ3) is 10.3. The van der Waals surface area contributed by atoms with Crippen LogP contribution in [0.2, 0.25) is 0 Å². The average molecular weight is 902 g/mol. The van der Waals surface area contributed by atoms with Gasteiger partial charge in [0.25, 0.3) is 11.8 Å². The van der Waals surface area contributed by atoms with Gasteiger partial charge in [-0.15, -0.1) is 11.3 Å². The Hall–Kier alpha value is -8.09. The van der Waals surface area contributed by atoms with E-state index in [1.807, 2.05) is 0 Å². The normalized spacial score (nSPS) is 14.4. The minimum atomic E-state index is -0.701. The molecule has 1 unspecified atom stereocenters. The quantitative estimate of drug-likeness (QED) is 0.0183. The van der Waals surface area contributed by atoms with E-state index in [0.717, 1.165) is 34.2 Å². The second kappa shape index (κ2) is 20.2. The Morgan fingerprint density at radius 1 is 0.879 bits per heavy atom. The number of phenols is 2. The Bertz CT molecular complexity index is 2950. The fourth-order valence-corrected chi connectivity index (χ4v) is 8.99. The molecule has 8 rings (SSSR count). The SMILES string of the molecule is O=C(CCCCCOc1ccc(/C=N/NC(=O)c2ccc(C(=O)c3c(-c4ccc(O)cc4)sc4cc(O)ccc34)cc2)cc1)NCC#Cc1cccc2c1CN(C1CCC(=O)NC1=O)C2=O. The number of hydrogen-bond donors (Lipinski definition) is 5. The molecule has 1 saturated heterocycles. The maximum Gasteiger partial charge on any atom is 0.271 e. The van der Waals surface area contributed by atoms with Crippen molar-refractivity contribution in [2.45, 2.75) is 51.1 Å². The molecule has 3 heterocycles. The van der Waals surface area contributed by atoms with Gasteiger partial charge >= 0.3 is 0 Å². The lowest BCUT2D eigenvalue weighted by atomic mass is 9.97. The fourth-order valence-electron chi connectivity index (χ4n) is 7.75. The molecule has 2 aliphatic rings. The first kappa shape index (κ1) is 44.5. The van der Waals surface area contributed by atoms with Crippen molar-refractivity contribution in [3.05, 3.63) is 148 Å². The molecule has 2 aliphatic heterocycles. The fraction of sp³-hybridized carbons (Fsp3) is 0.196. The van der Waals surface area contributed by atoms with Crippen LogP contribution in [-0.2, 0) is 20.9 Å². The third-order valence-electron chi connectivity index (χ3n) is 11.2. The molecule has 14 nitrogen and oxygen atoms in total. The van der Waals surface area contributed by atoms with E-state index in [1.54, 1.807) is 103 Å². The van der Waals surface area contributed by atoms with Crippen molar-refractivity contribution >= 4 is 63.0 Å². The van der Waals surface area contributed by atoms with Crippen LogP contribution in [0.4, 0.5) is 0 Å². The zero-order chi connectivity index (χ0) is 46.2. The molecule has 15 heteroatoms. The lowest BCUT2D eigenvalue weighted by Crippen LogP contribution is -2.52. The van der Waals surface area contributed by atoms with E-state index in [9.17, 15) is 39.0 Å². The van der Waals surface area contributed by atoms with Crippen LogP contribution >= 0.6 is 11.3 Å². The molecule has 5 aromatic carbocycles. The molecular formula is C51H43N5O9S. The number of benzene rings is 5. The molecular weight excluding hydrogens is 859 g/mol. The molecule has 0 radical (unpaired) electrons. The number of imide groups is 1. The molecule has 5 N–H and O–H groups in total. The number of amides is 5. The highest BCUT2D eigenvalue weighted by molar-refractivity contribution is 7.22. The minimum Gasteiger partial charge on any atom is -0.508 e. The van der Waals surface area contributed by atoms with E-state index in [4.69, 9.17) is 4.74 Å². The van der Waals surface area contributed by atoms with Crippen molar-refractivity contribution in [1.82, 2.24) is 21.0 Å². The van der Waals surface area contributed by atoms with Crippen molar-refractivity contribution in [3.8, 4) is 39.5 Å². The first-order valence-electron chi connectivity index (χ1n) is 21.3. The first-order valence-corrected chi connectivity index (χ1v) is 22.1. The van der Waals surface area contributed by atoms with Crippen LogP contribution in [0.1, 0.15) is 91.9 Å². The summed E-state index contributed by atoms with van der Waals surface area (Å²) in [6, 6.07) is 29.5. The molecule has 0 spiro atoms. The zero-order valence-electron chi connectivity index (χ0n) is 35.5. The molecule has 1 fully saturated rings. The summed E-state index contributed by atoms with van der Waals surface area (Å²) in [6.45, 7) is 0.848. The van der Waals surface area contributed by atoms with Crippen molar-refractivity contribution < 1.29 is 43.7 Å². The van der Waals surface area contributed by atoms with Crippen molar-refractivity contribution in [2.75, 3.05) is 13.2 Å². The number of thiophene rings is 1. The van der Waals surface area contributed by atoms with E-state index in [1.165, 1.54) is 28.5 Å². The van der Waals surface area contributed by atoms with Gasteiger partial charge in [0.2, 0.25) is 17.7 Å². The smallest absolute Gasteiger partial charge is 0.271 e. The summed E-state index contributed by atoms with van der Waals surface area (Å²) >= 11 is 1.37. The molecule has 66 heavy (non-hydrogen) atoms. The average Bonchev–Trinajstić information content (AvgIpc) is 3.86. The molecule has 6 aromatic rings. The predicted octanol–water partition coefficient (Wildman–Crippen LogP) is 6.84. The van der Waals surface area contributed by atoms with Crippen LogP contribution in [-0.4, -0.2) is 75.8 Å². The van der Waals surface area contributed by atoms with E-state index >= 15 is 0 Å². The van der Waals surface area contributed by atoms with Crippen LogP contribution in [0.15, 0.2) is 114 Å². The van der Waals surface area contributed by atoms with Gasteiger partial charge in [0.1, 0.15) is 23.3 Å². The molecule has 0 saturated carbocycles. The van der Waals surface area contributed by atoms with Crippen molar-refractivity contribution in [1.29, 1.82) is 0 Å². The van der Waals surface area contributed by atoms with Crippen LogP contribution in [0.3, 0.4) is 0 Å². The highest BCUT2D eigenvalue weighted by Gasteiger charge is 2.39. The Labute approximate surface area is 383 Å². The number of nitrogens with zero attached hydrogens (tertiary/aromatic N) is 2. The number of piperidine rings is 1. The van der Waals surface area contributed by atoms with E-state index < -0.39 is 17.9 Å². The highest BCUT2D eigenvalue weighted by atomic mass is 32.1. The number of ether oxygens (including phenoxy) is 1. The van der Waals surface area contributed by atoms with Crippen molar-refractivity contribution in [2.24, 2.45) is 5.10 Å². The Balaban J connectivity index is 0.734. The topological polar surface area (TPSA) is 204 Å². The van der Waals surface area contributed by atoms with E-state index in [-0.39, 0.29) is 60.9 Å². The number of fused-ring (bicyclic) bond motifs is 2. The second-order valence-corrected chi connectivity index (χ2v) is 16.7. The number of hydrazone groups is 1. The molecule has 332 valence electrons. The predicted molar refractivity (Wildman–Crippen MR) is 248 cm³/mol. The molecule has 0 bridgehead atoms. The number of phenolic OH excluding ortho intramolecular Hbond substituents is 2. The monoisotopic (exact) mass is 901 g/mol. The van der Waals surface area contributed by atoms with Crippen molar-refractivity contribution in [3.63, 3.8) is 0 Å². The summed E-state index contributed by atoms with van der Waals surface area (Å²) in [7, 11) is 0. The summed E-state index contributed by atoms with van der Waals surface area (Å²) in [5.74, 6) is 4.99. The van der Waals surface area contributed by atoms with E-state index in [2.05, 4.69) is 33.0 Å². The summed E-state index contributed by atoms with van der Waals surface area (Å²) in [4.78, 5) is 78.4. The maximum absolute atomic E-state index is 13.9. The highest BCUT2D eigenvalue weighted by Crippen LogP contribution is 2.41. The summed E-state index contributed by atoms with van der Waals surface area (Å²) in [5, 5.41) is 29.8. The van der Waals surface area contributed by atoms with Gasteiger partial charge in [-0.2, -0.15) is 5.10 Å². The molecule has 0 aliphatic carbocycles. The number of ketones is 1. The van der Waals surface area contributed by atoms with Crippen LogP contribution in [0.5, 0.6) is 17.2 Å². The van der Waals surface area contributed by atoms with Crippen LogP contribution in [0.25, 0.3) is 20.5 Å². The zero-order valence-corrected chi connectivity index (χ0v) is 36.3. The Morgan fingerprint density at radius 2 is 1.64 bits per heavy atom. The van der Waals surface area contributed by atoms with Crippen LogP contribution in [0, 0.1) is 11.8 Å². The van der Waals surface area contributed by atoms with Gasteiger partial charge in [-0.05, 0) is 133 Å². The van der Waals surface area contributed by atoms with Gasteiger partial charge in [0, 0.05) is 62.2 Å². The van der Waals surface area contributed by atoms with E-state index in [0.29, 0.717) is 63.3 Å². The number of carbonyl (C=O) groups excluding carboxylic acids is 6. The van der Waals surface area contributed by atoms with Crippen LogP contribution < -0.4 is 20.8 Å². The molecule has 1 aromatic heterocycles. The van der Waals surface area contributed by atoms with Gasteiger partial charge in [-0.25, -0.2) is 5.43 Å². The minimum absolute atomic E-state index is 0.0891. The number of nitrogens with one attached hydrogen (secondary N) is 3. The molecule has 5 amide bonds.